The first-order valence-corrected chi connectivity index (χ1v) is 4.48. The highest BCUT2D eigenvalue weighted by molar-refractivity contribution is 5.24. The maximum absolute atomic E-state index is 8.94. The Balaban J connectivity index is 3.03. The molecule has 1 aromatic rings. The van der Waals surface area contributed by atoms with E-state index in [0.29, 0.717) is 11.4 Å². The van der Waals surface area contributed by atoms with E-state index in [-0.39, 0.29) is 6.54 Å². The minimum absolute atomic E-state index is 0.214. The van der Waals surface area contributed by atoms with Crippen LogP contribution in [0.1, 0.15) is 25.2 Å². The van der Waals surface area contributed by atoms with Crippen molar-refractivity contribution in [2.24, 2.45) is 5.11 Å². The summed E-state index contributed by atoms with van der Waals surface area (Å²) in [5, 5.41) is 12.4. The Bertz CT molecular complexity index is 437. The third-order valence-electron chi connectivity index (χ3n) is 2.02. The minimum atomic E-state index is -0.619. The van der Waals surface area contributed by atoms with Crippen molar-refractivity contribution in [1.29, 1.82) is 5.26 Å². The van der Waals surface area contributed by atoms with Crippen LogP contribution in [-0.2, 0) is 12.0 Å². The van der Waals surface area contributed by atoms with E-state index in [1.54, 1.807) is 26.0 Å². The molecule has 1 rings (SSSR count). The van der Waals surface area contributed by atoms with E-state index in [0.717, 1.165) is 0 Å². The summed E-state index contributed by atoms with van der Waals surface area (Å²) in [7, 11) is 0. The zero-order chi connectivity index (χ0) is 11.3. The molecule has 0 spiro atoms. The van der Waals surface area contributed by atoms with Crippen LogP contribution in [0.5, 0.6) is 0 Å². The number of nitriles is 1. The number of aromatic nitrogens is 1. The Morgan fingerprint density at radius 1 is 1.60 bits per heavy atom. The first-order chi connectivity index (χ1) is 7.10. The summed E-state index contributed by atoms with van der Waals surface area (Å²) in [5.41, 5.74) is 8.93. The first-order valence-electron chi connectivity index (χ1n) is 4.48. The lowest BCUT2D eigenvalue weighted by Gasteiger charge is -2.14. The molecule has 0 unspecified atom stereocenters. The highest BCUT2D eigenvalue weighted by Gasteiger charge is 2.21. The lowest BCUT2D eigenvalue weighted by molar-refractivity contribution is 0.653. The van der Waals surface area contributed by atoms with Gasteiger partial charge in [-0.3, -0.25) is 4.98 Å². The molecule has 0 atom stereocenters. The van der Waals surface area contributed by atoms with Crippen molar-refractivity contribution in [2.45, 2.75) is 25.8 Å². The zero-order valence-electron chi connectivity index (χ0n) is 8.68. The van der Waals surface area contributed by atoms with Crippen LogP contribution in [0.3, 0.4) is 0 Å². The molecule has 1 heterocycles. The quantitative estimate of drug-likeness (QED) is 0.427. The van der Waals surface area contributed by atoms with E-state index < -0.39 is 5.41 Å². The maximum atomic E-state index is 8.94. The number of hydrogen-bond acceptors (Lipinski definition) is 3. The smallest absolute Gasteiger partial charge is 0.0937 e. The van der Waals surface area contributed by atoms with Gasteiger partial charge in [-0.15, -0.1) is 0 Å². The molecule has 15 heavy (non-hydrogen) atoms. The Labute approximate surface area is 88.0 Å². The van der Waals surface area contributed by atoms with Crippen molar-refractivity contribution in [3.05, 3.63) is 40.0 Å². The van der Waals surface area contributed by atoms with Crippen LogP contribution in [0.2, 0.25) is 0 Å². The van der Waals surface area contributed by atoms with Crippen LogP contribution >= 0.6 is 0 Å². The Morgan fingerprint density at radius 3 is 2.93 bits per heavy atom. The average molecular weight is 201 g/mol. The van der Waals surface area contributed by atoms with Crippen molar-refractivity contribution >= 4 is 0 Å². The molecule has 1 aromatic heterocycles. The maximum Gasteiger partial charge on any atom is 0.0937 e. The highest BCUT2D eigenvalue weighted by Crippen LogP contribution is 2.20. The normalized spacial score (nSPS) is 10.2. The summed E-state index contributed by atoms with van der Waals surface area (Å²) >= 11 is 0. The minimum Gasteiger partial charge on any atom is -0.256 e. The molecular weight excluding hydrogens is 190 g/mol. The molecule has 5 nitrogen and oxygen atoms in total. The van der Waals surface area contributed by atoms with E-state index >= 15 is 0 Å². The van der Waals surface area contributed by atoms with E-state index in [4.69, 9.17) is 10.8 Å². The molecule has 0 N–H and O–H groups in total. The molecule has 0 aliphatic heterocycles. The molecule has 0 amide bonds. The molecule has 0 saturated carbocycles. The van der Waals surface area contributed by atoms with Gasteiger partial charge in [-0.05, 0) is 31.5 Å². The van der Waals surface area contributed by atoms with Gasteiger partial charge in [-0.1, -0.05) is 11.2 Å². The summed E-state index contributed by atoms with van der Waals surface area (Å²) in [5.74, 6) is 0. The Morgan fingerprint density at radius 2 is 2.33 bits per heavy atom. The van der Waals surface area contributed by atoms with Gasteiger partial charge in [0.25, 0.3) is 0 Å². The molecule has 0 aliphatic rings. The molecule has 5 heteroatoms. The lowest BCUT2D eigenvalue weighted by Crippen LogP contribution is -2.16. The Hall–Kier alpha value is -2.05. The standard InChI is InChI=1S/C10H11N5/c1-10(2,7-11)9-5-3-4-8(14-9)6-13-15-12/h3-5H,6H2,1-2H3. The van der Waals surface area contributed by atoms with Gasteiger partial charge in [-0.25, -0.2) is 0 Å². The molecule has 76 valence electrons. The molecule has 0 radical (unpaired) electrons. The largest absolute Gasteiger partial charge is 0.256 e. The van der Waals surface area contributed by atoms with Crippen LogP contribution in [0.15, 0.2) is 23.3 Å². The van der Waals surface area contributed by atoms with Crippen LogP contribution in [-0.4, -0.2) is 4.98 Å². The number of nitrogens with zero attached hydrogens (tertiary/aromatic N) is 5. The van der Waals surface area contributed by atoms with Crippen LogP contribution in [0, 0.1) is 11.3 Å². The number of hydrogen-bond donors (Lipinski definition) is 0. The highest BCUT2D eigenvalue weighted by atomic mass is 15.1. The topological polar surface area (TPSA) is 85.4 Å². The average Bonchev–Trinajstić information content (AvgIpc) is 2.27. The van der Waals surface area contributed by atoms with Crippen molar-refractivity contribution in [3.63, 3.8) is 0 Å². The third-order valence-corrected chi connectivity index (χ3v) is 2.02. The van der Waals surface area contributed by atoms with Gasteiger partial charge < -0.3 is 0 Å². The number of pyridine rings is 1. The second-order valence-corrected chi connectivity index (χ2v) is 3.64. The van der Waals surface area contributed by atoms with Gasteiger partial charge in [0.15, 0.2) is 0 Å². The van der Waals surface area contributed by atoms with E-state index in [1.807, 2.05) is 6.07 Å². The fourth-order valence-corrected chi connectivity index (χ4v) is 1.08. The summed E-state index contributed by atoms with van der Waals surface area (Å²) < 4.78 is 0. The molecular formula is C10H11N5. The van der Waals surface area contributed by atoms with Crippen LogP contribution in [0.25, 0.3) is 10.4 Å². The first kappa shape index (κ1) is 11.0. The van der Waals surface area contributed by atoms with E-state index in [1.165, 1.54) is 0 Å². The molecule has 0 saturated heterocycles. The fraction of sp³-hybridized carbons (Fsp3) is 0.400. The van der Waals surface area contributed by atoms with Gasteiger partial charge >= 0.3 is 0 Å². The molecule has 0 fully saturated rings. The summed E-state index contributed by atoms with van der Waals surface area (Å²) in [6.45, 7) is 3.81. The lowest BCUT2D eigenvalue weighted by atomic mass is 9.91. The molecule has 0 bridgehead atoms. The van der Waals surface area contributed by atoms with Crippen molar-refractivity contribution < 1.29 is 0 Å². The second kappa shape index (κ2) is 4.45. The molecule has 0 aromatic carbocycles. The van der Waals surface area contributed by atoms with E-state index in [2.05, 4.69) is 21.1 Å². The zero-order valence-corrected chi connectivity index (χ0v) is 8.68. The summed E-state index contributed by atoms with van der Waals surface area (Å²) in [4.78, 5) is 6.93. The number of azide groups is 1. The second-order valence-electron chi connectivity index (χ2n) is 3.64. The Kier molecular flexibility index (Phi) is 3.27. The van der Waals surface area contributed by atoms with Gasteiger partial charge in [0, 0.05) is 10.6 Å². The van der Waals surface area contributed by atoms with Gasteiger partial charge in [0.2, 0.25) is 0 Å². The summed E-state index contributed by atoms with van der Waals surface area (Å²) in [6, 6.07) is 7.55. The van der Waals surface area contributed by atoms with Gasteiger partial charge in [-0.2, -0.15) is 5.26 Å². The van der Waals surface area contributed by atoms with E-state index in [9.17, 15) is 0 Å². The summed E-state index contributed by atoms with van der Waals surface area (Å²) in [6.07, 6.45) is 0. The molecule has 0 aliphatic carbocycles. The van der Waals surface area contributed by atoms with Crippen LogP contribution in [0.4, 0.5) is 0 Å². The van der Waals surface area contributed by atoms with Gasteiger partial charge in [0.05, 0.1) is 23.7 Å². The predicted octanol–water partition coefficient (Wildman–Crippen LogP) is 2.69. The SMILES string of the molecule is CC(C)(C#N)c1cccc(CN=[N+]=[N-])n1. The number of rotatable bonds is 3. The van der Waals surface area contributed by atoms with Crippen LogP contribution < -0.4 is 0 Å². The van der Waals surface area contributed by atoms with Crippen molar-refractivity contribution in [3.8, 4) is 6.07 Å². The van der Waals surface area contributed by atoms with Crippen molar-refractivity contribution in [2.75, 3.05) is 0 Å². The van der Waals surface area contributed by atoms with Crippen molar-refractivity contribution in [1.82, 2.24) is 4.98 Å². The predicted molar refractivity (Wildman–Crippen MR) is 55.7 cm³/mol. The monoisotopic (exact) mass is 201 g/mol. The fourth-order valence-electron chi connectivity index (χ4n) is 1.08. The van der Waals surface area contributed by atoms with Gasteiger partial charge in [0.1, 0.15) is 0 Å². The third kappa shape index (κ3) is 2.70.